The number of hydrogen-bond donors (Lipinski definition) is 0. The van der Waals surface area contributed by atoms with Crippen molar-refractivity contribution >= 4 is 31.9 Å². The molecule has 10 heavy (non-hydrogen) atoms. The fourth-order valence-electron chi connectivity index (χ4n) is 0.923. The summed E-state index contributed by atoms with van der Waals surface area (Å²) >= 11 is 7.03. The minimum atomic E-state index is 1.14. The van der Waals surface area contributed by atoms with Gasteiger partial charge < -0.3 is 0 Å². The lowest BCUT2D eigenvalue weighted by molar-refractivity contribution is 0.947. The van der Waals surface area contributed by atoms with E-state index in [0.717, 1.165) is 25.7 Å². The molecule has 0 saturated carbocycles. The number of rotatable bonds is 0. The Morgan fingerprint density at radius 2 is 1.30 bits per heavy atom. The molecule has 56 valence electrons. The van der Waals surface area contributed by atoms with Gasteiger partial charge in [0.05, 0.1) is 0 Å². The van der Waals surface area contributed by atoms with E-state index in [-0.39, 0.29) is 0 Å². The molecule has 0 aromatic heterocycles. The van der Waals surface area contributed by atoms with Crippen molar-refractivity contribution in [1.82, 2.24) is 0 Å². The van der Waals surface area contributed by atoms with Crippen molar-refractivity contribution in [2.24, 2.45) is 0 Å². The maximum Gasteiger partial charge on any atom is -0.00856 e. The van der Waals surface area contributed by atoms with E-state index in [2.05, 4.69) is 44.0 Å². The van der Waals surface area contributed by atoms with Crippen LogP contribution in [0.2, 0.25) is 0 Å². The number of halogens is 2. The Hall–Kier alpha value is 0.440. The van der Waals surface area contributed by atoms with Gasteiger partial charge in [-0.15, -0.1) is 0 Å². The molecule has 0 aliphatic heterocycles. The maximum absolute atomic E-state index is 3.51. The SMILES string of the molecule is Br/C1=C/CC/C=C(/Br)CC1. The summed E-state index contributed by atoms with van der Waals surface area (Å²) in [6.45, 7) is 0. The molecule has 0 saturated heterocycles. The first-order valence-corrected chi connectivity index (χ1v) is 5.06. The van der Waals surface area contributed by atoms with Crippen molar-refractivity contribution < 1.29 is 0 Å². The maximum atomic E-state index is 3.51. The van der Waals surface area contributed by atoms with Crippen molar-refractivity contribution in [3.05, 3.63) is 21.1 Å². The Bertz CT molecular complexity index is 148. The summed E-state index contributed by atoms with van der Waals surface area (Å²) in [5.74, 6) is 0. The predicted molar refractivity (Wildman–Crippen MR) is 52.5 cm³/mol. The average molecular weight is 266 g/mol. The fourth-order valence-corrected chi connectivity index (χ4v) is 1.78. The van der Waals surface area contributed by atoms with Crippen molar-refractivity contribution in [3.8, 4) is 0 Å². The van der Waals surface area contributed by atoms with Gasteiger partial charge in [0.15, 0.2) is 0 Å². The van der Waals surface area contributed by atoms with Crippen LogP contribution in [0.25, 0.3) is 0 Å². The van der Waals surface area contributed by atoms with E-state index in [4.69, 9.17) is 0 Å². The summed E-state index contributed by atoms with van der Waals surface area (Å²) in [6, 6.07) is 0. The summed E-state index contributed by atoms with van der Waals surface area (Å²) in [7, 11) is 0. The zero-order valence-electron chi connectivity index (χ0n) is 5.74. The molecule has 2 heteroatoms. The molecule has 0 aromatic carbocycles. The third-order valence-corrected chi connectivity index (χ3v) is 2.94. The minimum absolute atomic E-state index is 1.14. The molecule has 0 aromatic rings. The molecule has 0 spiro atoms. The van der Waals surface area contributed by atoms with Crippen molar-refractivity contribution in [3.63, 3.8) is 0 Å². The first kappa shape index (κ1) is 8.54. The molecule has 0 atom stereocenters. The van der Waals surface area contributed by atoms with Gasteiger partial charge in [-0.25, -0.2) is 0 Å². The summed E-state index contributed by atoms with van der Waals surface area (Å²) in [5.41, 5.74) is 0. The lowest BCUT2D eigenvalue weighted by Crippen LogP contribution is -1.81. The van der Waals surface area contributed by atoms with Crippen LogP contribution in [0.1, 0.15) is 25.7 Å². The highest BCUT2D eigenvalue weighted by molar-refractivity contribution is 9.12. The van der Waals surface area contributed by atoms with E-state index in [1.807, 2.05) is 0 Å². The summed E-state index contributed by atoms with van der Waals surface area (Å²) in [5, 5.41) is 0. The highest BCUT2D eigenvalue weighted by atomic mass is 79.9. The molecule has 0 unspecified atom stereocenters. The molecule has 0 nitrogen and oxygen atoms in total. The topological polar surface area (TPSA) is 0 Å². The predicted octanol–water partition coefficient (Wildman–Crippen LogP) is 4.12. The zero-order chi connectivity index (χ0) is 7.40. The van der Waals surface area contributed by atoms with E-state index in [1.165, 1.54) is 8.96 Å². The Balaban J connectivity index is 2.49. The van der Waals surface area contributed by atoms with Crippen LogP contribution in [0.15, 0.2) is 21.1 Å². The molecule has 0 heterocycles. The van der Waals surface area contributed by atoms with Crippen LogP contribution in [-0.4, -0.2) is 0 Å². The summed E-state index contributed by atoms with van der Waals surface area (Å²) in [6.07, 6.45) is 9.12. The molecule has 0 radical (unpaired) electrons. The highest BCUT2D eigenvalue weighted by Crippen LogP contribution is 2.24. The van der Waals surface area contributed by atoms with Gasteiger partial charge in [0.25, 0.3) is 0 Å². The van der Waals surface area contributed by atoms with Crippen LogP contribution in [0, 0.1) is 0 Å². The molecule has 1 aliphatic rings. The third kappa shape index (κ3) is 3.02. The van der Waals surface area contributed by atoms with Crippen molar-refractivity contribution in [2.75, 3.05) is 0 Å². The van der Waals surface area contributed by atoms with Crippen LogP contribution in [0.4, 0.5) is 0 Å². The van der Waals surface area contributed by atoms with Crippen molar-refractivity contribution in [2.45, 2.75) is 25.7 Å². The monoisotopic (exact) mass is 264 g/mol. The Morgan fingerprint density at radius 1 is 0.900 bits per heavy atom. The van der Waals surface area contributed by atoms with Crippen LogP contribution >= 0.6 is 31.9 Å². The lowest BCUT2D eigenvalue weighted by atomic mass is 10.1. The zero-order valence-corrected chi connectivity index (χ0v) is 8.91. The van der Waals surface area contributed by atoms with Crippen molar-refractivity contribution in [1.29, 1.82) is 0 Å². The minimum Gasteiger partial charge on any atom is -0.0740 e. The second-order valence-corrected chi connectivity index (χ2v) is 4.42. The van der Waals surface area contributed by atoms with E-state index >= 15 is 0 Å². The van der Waals surface area contributed by atoms with Gasteiger partial charge in [-0.1, -0.05) is 44.0 Å². The van der Waals surface area contributed by atoms with E-state index in [1.54, 1.807) is 0 Å². The standard InChI is InChI=1S/C8H10Br2/c9-7-3-1-2-4-8(10)6-5-7/h3-4H,1-2,5-6H2/b7-3+,8-4+. The molecule has 1 aliphatic carbocycles. The van der Waals surface area contributed by atoms with Crippen LogP contribution in [0.3, 0.4) is 0 Å². The Kier molecular flexibility index (Phi) is 3.71. The van der Waals surface area contributed by atoms with Gasteiger partial charge in [0.2, 0.25) is 0 Å². The average Bonchev–Trinajstić information content (AvgIpc) is 1.90. The van der Waals surface area contributed by atoms with Crippen LogP contribution in [-0.2, 0) is 0 Å². The van der Waals surface area contributed by atoms with Gasteiger partial charge in [-0.3, -0.25) is 0 Å². The van der Waals surface area contributed by atoms with E-state index in [0.29, 0.717) is 0 Å². The molecule has 0 bridgehead atoms. The molecule has 0 N–H and O–H groups in total. The number of hydrogen-bond acceptors (Lipinski definition) is 0. The highest BCUT2D eigenvalue weighted by Gasteiger charge is 1.98. The van der Waals surface area contributed by atoms with Gasteiger partial charge in [0.1, 0.15) is 0 Å². The molecule has 1 rings (SSSR count). The van der Waals surface area contributed by atoms with Gasteiger partial charge in [0, 0.05) is 0 Å². The lowest BCUT2D eigenvalue weighted by Gasteiger charge is -2.03. The second-order valence-electron chi connectivity index (χ2n) is 2.38. The smallest absolute Gasteiger partial charge is 0.00856 e. The van der Waals surface area contributed by atoms with E-state index < -0.39 is 0 Å². The Labute approximate surface area is 78.6 Å². The summed E-state index contributed by atoms with van der Waals surface area (Å²) in [4.78, 5) is 0. The van der Waals surface area contributed by atoms with Crippen LogP contribution < -0.4 is 0 Å². The van der Waals surface area contributed by atoms with Gasteiger partial charge in [-0.2, -0.15) is 0 Å². The normalized spacial score (nSPS) is 31.0. The Morgan fingerprint density at radius 3 is 1.70 bits per heavy atom. The fraction of sp³-hybridized carbons (Fsp3) is 0.500. The molecular weight excluding hydrogens is 256 g/mol. The summed E-state index contributed by atoms with van der Waals surface area (Å²) < 4.78 is 2.69. The van der Waals surface area contributed by atoms with Crippen LogP contribution in [0.5, 0.6) is 0 Å². The molecule has 0 amide bonds. The second kappa shape index (κ2) is 4.35. The molecular formula is C8H10Br2. The first-order valence-electron chi connectivity index (χ1n) is 3.48. The van der Waals surface area contributed by atoms with Gasteiger partial charge >= 0.3 is 0 Å². The van der Waals surface area contributed by atoms with Gasteiger partial charge in [-0.05, 0) is 34.6 Å². The molecule has 0 fully saturated rings. The third-order valence-electron chi connectivity index (χ3n) is 1.50. The first-order chi connectivity index (χ1) is 4.79. The largest absolute Gasteiger partial charge is 0.0740 e. The quantitative estimate of drug-likeness (QED) is 0.618. The number of allylic oxidation sites excluding steroid dienone is 4. The van der Waals surface area contributed by atoms with E-state index in [9.17, 15) is 0 Å².